The molecule has 2 nitrogen and oxygen atoms in total. The summed E-state index contributed by atoms with van der Waals surface area (Å²) in [6.45, 7) is 6.83. The average molecular weight is 191 g/mol. The molecule has 13 heavy (non-hydrogen) atoms. The largest absolute Gasteiger partial charge is 0.463 e. The number of halogens is 2. The molecule has 0 atom stereocenters. The van der Waals surface area contributed by atoms with Gasteiger partial charge in [-0.15, -0.1) is 0 Å². The van der Waals surface area contributed by atoms with Crippen LogP contribution in [0.3, 0.4) is 0 Å². The van der Waals surface area contributed by atoms with Crippen molar-refractivity contribution in [2.45, 2.75) is 38.7 Å². The molecule has 0 aliphatic heterocycles. The van der Waals surface area contributed by atoms with Gasteiger partial charge in [0.05, 0.1) is 11.5 Å². The molecule has 1 aliphatic rings. The van der Waals surface area contributed by atoms with E-state index in [-0.39, 0.29) is 6.10 Å². The summed E-state index contributed by atoms with van der Waals surface area (Å²) in [5.74, 6) is -3.36. The Morgan fingerprint density at radius 1 is 1.46 bits per heavy atom. The maximum Gasteiger partial charge on any atom is 0.312 e. The molecule has 1 radical (unpaired) electrons. The highest BCUT2D eigenvalue weighted by atomic mass is 19.3. The molecule has 0 spiro atoms. The molecule has 0 bridgehead atoms. The second-order valence-electron chi connectivity index (χ2n) is 3.94. The Morgan fingerprint density at radius 2 is 1.92 bits per heavy atom. The van der Waals surface area contributed by atoms with Crippen molar-refractivity contribution in [1.82, 2.24) is 0 Å². The van der Waals surface area contributed by atoms with Crippen LogP contribution in [-0.4, -0.2) is 18.0 Å². The number of alkyl halides is 2. The van der Waals surface area contributed by atoms with E-state index in [1.807, 2.05) is 0 Å². The van der Waals surface area contributed by atoms with Crippen LogP contribution in [0.15, 0.2) is 0 Å². The first-order chi connectivity index (χ1) is 5.75. The molecular formula is C9H13F2O2. The van der Waals surface area contributed by atoms with Gasteiger partial charge in [0.1, 0.15) is 0 Å². The van der Waals surface area contributed by atoms with Gasteiger partial charge in [-0.05, 0) is 20.8 Å². The Kier molecular flexibility index (Phi) is 2.34. The lowest BCUT2D eigenvalue weighted by molar-refractivity contribution is -0.191. The fourth-order valence-electron chi connectivity index (χ4n) is 1.42. The molecule has 1 fully saturated rings. The smallest absolute Gasteiger partial charge is 0.312 e. The Labute approximate surface area is 76.3 Å². The standard InChI is InChI=1S/C9H13F2O2/c1-6(2)13-7(12)8(3)4-9(10,11)5-8/h6H,3-5H2,1-2H3. The van der Waals surface area contributed by atoms with Gasteiger partial charge in [0.2, 0.25) is 5.92 Å². The van der Waals surface area contributed by atoms with Crippen LogP contribution in [0.5, 0.6) is 0 Å². The minimum absolute atomic E-state index is 0.277. The first-order valence-electron chi connectivity index (χ1n) is 4.19. The summed E-state index contributed by atoms with van der Waals surface area (Å²) in [4.78, 5) is 11.2. The molecule has 0 aromatic carbocycles. The van der Waals surface area contributed by atoms with Crippen LogP contribution in [0.2, 0.25) is 0 Å². The highest BCUT2D eigenvalue weighted by molar-refractivity contribution is 5.79. The fourth-order valence-corrected chi connectivity index (χ4v) is 1.42. The van der Waals surface area contributed by atoms with E-state index in [1.54, 1.807) is 13.8 Å². The Morgan fingerprint density at radius 3 is 2.23 bits per heavy atom. The lowest BCUT2D eigenvalue weighted by Crippen LogP contribution is -2.50. The monoisotopic (exact) mass is 191 g/mol. The van der Waals surface area contributed by atoms with Gasteiger partial charge in [-0.1, -0.05) is 0 Å². The van der Waals surface area contributed by atoms with Gasteiger partial charge in [-0.2, -0.15) is 0 Å². The Hall–Kier alpha value is -0.670. The number of hydrogen-bond acceptors (Lipinski definition) is 2. The van der Waals surface area contributed by atoms with Crippen molar-refractivity contribution >= 4 is 5.97 Å². The van der Waals surface area contributed by atoms with Crippen molar-refractivity contribution in [3.05, 3.63) is 6.92 Å². The molecule has 0 aromatic heterocycles. The van der Waals surface area contributed by atoms with E-state index in [0.29, 0.717) is 0 Å². The molecule has 0 saturated heterocycles. The minimum atomic E-state index is -2.74. The molecule has 0 unspecified atom stereocenters. The average Bonchev–Trinajstić information content (AvgIpc) is 1.80. The minimum Gasteiger partial charge on any atom is -0.463 e. The van der Waals surface area contributed by atoms with Gasteiger partial charge in [-0.3, -0.25) is 4.79 Å². The fraction of sp³-hybridized carbons (Fsp3) is 0.778. The van der Waals surface area contributed by atoms with E-state index < -0.39 is 30.1 Å². The molecule has 0 heterocycles. The van der Waals surface area contributed by atoms with Crippen LogP contribution in [-0.2, 0) is 9.53 Å². The zero-order chi connectivity index (χ0) is 10.3. The number of carbonyl (C=O) groups is 1. The number of ether oxygens (including phenoxy) is 1. The second-order valence-corrected chi connectivity index (χ2v) is 3.94. The van der Waals surface area contributed by atoms with Gasteiger partial charge in [0.25, 0.3) is 0 Å². The maximum absolute atomic E-state index is 12.5. The predicted octanol–water partition coefficient (Wildman–Crippen LogP) is 2.19. The predicted molar refractivity (Wildman–Crippen MR) is 43.2 cm³/mol. The number of carbonyl (C=O) groups excluding carboxylic acids is 1. The van der Waals surface area contributed by atoms with Crippen LogP contribution in [0.25, 0.3) is 0 Å². The first kappa shape index (κ1) is 10.4. The van der Waals surface area contributed by atoms with Crippen LogP contribution < -0.4 is 0 Å². The molecule has 0 N–H and O–H groups in total. The van der Waals surface area contributed by atoms with Crippen molar-refractivity contribution in [3.63, 3.8) is 0 Å². The van der Waals surface area contributed by atoms with E-state index >= 15 is 0 Å². The molecule has 1 rings (SSSR count). The van der Waals surface area contributed by atoms with E-state index in [4.69, 9.17) is 4.74 Å². The van der Waals surface area contributed by atoms with Crippen molar-refractivity contribution in [1.29, 1.82) is 0 Å². The van der Waals surface area contributed by atoms with Crippen LogP contribution in [0.1, 0.15) is 26.7 Å². The van der Waals surface area contributed by atoms with E-state index in [1.165, 1.54) is 0 Å². The highest BCUT2D eigenvalue weighted by Gasteiger charge is 2.58. The molecular weight excluding hydrogens is 178 g/mol. The van der Waals surface area contributed by atoms with Gasteiger partial charge in [0.15, 0.2) is 0 Å². The van der Waals surface area contributed by atoms with Crippen molar-refractivity contribution in [2.75, 3.05) is 0 Å². The maximum atomic E-state index is 12.5. The van der Waals surface area contributed by atoms with Gasteiger partial charge in [0, 0.05) is 12.8 Å². The third-order valence-electron chi connectivity index (χ3n) is 1.97. The second kappa shape index (κ2) is 2.93. The summed E-state index contributed by atoms with van der Waals surface area (Å²) in [5.41, 5.74) is -1.21. The molecule has 1 aliphatic carbocycles. The van der Waals surface area contributed by atoms with E-state index in [0.717, 1.165) is 0 Å². The first-order valence-corrected chi connectivity index (χ1v) is 4.19. The molecule has 0 aromatic rings. The topological polar surface area (TPSA) is 26.3 Å². The number of esters is 1. The lowest BCUT2D eigenvalue weighted by Gasteiger charge is -2.42. The van der Waals surface area contributed by atoms with Crippen LogP contribution >= 0.6 is 0 Å². The van der Waals surface area contributed by atoms with Crippen LogP contribution in [0, 0.1) is 12.3 Å². The number of hydrogen-bond donors (Lipinski definition) is 0. The van der Waals surface area contributed by atoms with E-state index in [2.05, 4.69) is 6.92 Å². The van der Waals surface area contributed by atoms with Crippen LogP contribution in [0.4, 0.5) is 8.78 Å². The summed E-state index contributed by atoms with van der Waals surface area (Å²) in [6, 6.07) is 0. The molecule has 75 valence electrons. The Balaban J connectivity index is 2.50. The Bertz CT molecular complexity index is 216. The summed E-state index contributed by atoms with van der Waals surface area (Å²) >= 11 is 0. The van der Waals surface area contributed by atoms with Crippen molar-refractivity contribution in [2.24, 2.45) is 5.41 Å². The zero-order valence-electron chi connectivity index (χ0n) is 7.77. The van der Waals surface area contributed by atoms with Crippen molar-refractivity contribution in [3.8, 4) is 0 Å². The normalized spacial score (nSPS) is 23.8. The molecule has 0 amide bonds. The van der Waals surface area contributed by atoms with Gasteiger partial charge >= 0.3 is 5.97 Å². The summed E-state index contributed by atoms with van der Waals surface area (Å²) < 4.78 is 29.8. The summed E-state index contributed by atoms with van der Waals surface area (Å²) in [7, 11) is 0. The zero-order valence-corrected chi connectivity index (χ0v) is 7.77. The summed E-state index contributed by atoms with van der Waals surface area (Å²) in [5, 5.41) is 0. The number of rotatable bonds is 2. The van der Waals surface area contributed by atoms with Crippen molar-refractivity contribution < 1.29 is 18.3 Å². The third kappa shape index (κ3) is 2.17. The summed E-state index contributed by atoms with van der Waals surface area (Å²) in [6.07, 6.45) is -1.27. The third-order valence-corrected chi connectivity index (χ3v) is 1.97. The SMILES string of the molecule is [CH2]C1(C(=O)OC(C)C)CC(F)(F)C1. The quantitative estimate of drug-likeness (QED) is 0.625. The molecule has 4 heteroatoms. The molecule has 1 saturated carbocycles. The van der Waals surface area contributed by atoms with E-state index in [9.17, 15) is 13.6 Å². The highest BCUT2D eigenvalue weighted by Crippen LogP contribution is 2.52. The van der Waals surface area contributed by atoms with Gasteiger partial charge in [-0.25, -0.2) is 8.78 Å². The van der Waals surface area contributed by atoms with Gasteiger partial charge < -0.3 is 4.74 Å². The lowest BCUT2D eigenvalue weighted by atomic mass is 9.67.